The number of likely N-dealkylation sites (tertiary alicyclic amines) is 1. The van der Waals surface area contributed by atoms with Gasteiger partial charge in [0.05, 0.1) is 13.0 Å². The van der Waals surface area contributed by atoms with Gasteiger partial charge < -0.3 is 15.1 Å². The van der Waals surface area contributed by atoms with Crippen molar-refractivity contribution in [2.24, 2.45) is 0 Å². The van der Waals surface area contributed by atoms with Gasteiger partial charge in [0.25, 0.3) is 0 Å². The van der Waals surface area contributed by atoms with Crippen LogP contribution in [0, 0.1) is 0 Å². The van der Waals surface area contributed by atoms with Gasteiger partial charge in [-0.05, 0) is 19.3 Å². The van der Waals surface area contributed by atoms with Crippen molar-refractivity contribution in [1.29, 1.82) is 0 Å². The second-order valence-electron chi connectivity index (χ2n) is 5.29. The number of hydrogen-bond donors (Lipinski definition) is 2. The van der Waals surface area contributed by atoms with Gasteiger partial charge in [-0.2, -0.15) is 0 Å². The van der Waals surface area contributed by atoms with Gasteiger partial charge >= 0.3 is 5.97 Å². The molecule has 20 heavy (non-hydrogen) atoms. The highest BCUT2D eigenvalue weighted by Crippen LogP contribution is 2.10. The lowest BCUT2D eigenvalue weighted by Crippen LogP contribution is -2.42. The number of aliphatic hydroxyl groups is 1. The van der Waals surface area contributed by atoms with Crippen LogP contribution in [0.2, 0.25) is 0 Å². The van der Waals surface area contributed by atoms with Gasteiger partial charge in [0, 0.05) is 32.8 Å². The molecular weight excluding hydrogens is 260 g/mol. The van der Waals surface area contributed by atoms with E-state index in [2.05, 4.69) is 0 Å². The highest BCUT2D eigenvalue weighted by molar-refractivity contribution is 5.78. The molecule has 1 saturated heterocycles. The van der Waals surface area contributed by atoms with Crippen molar-refractivity contribution >= 4 is 11.9 Å². The molecule has 6 heteroatoms. The summed E-state index contributed by atoms with van der Waals surface area (Å²) in [4.78, 5) is 26.6. The monoisotopic (exact) mass is 286 g/mol. The number of aliphatic carboxylic acids is 1. The van der Waals surface area contributed by atoms with Gasteiger partial charge in [0.2, 0.25) is 5.91 Å². The lowest BCUT2D eigenvalue weighted by atomic mass is 10.2. The summed E-state index contributed by atoms with van der Waals surface area (Å²) in [7, 11) is 0. The summed E-state index contributed by atoms with van der Waals surface area (Å²) in [6.45, 7) is 2.85. The number of carbonyl (C=O) groups excluding carboxylic acids is 1. The molecule has 0 aromatic carbocycles. The summed E-state index contributed by atoms with van der Waals surface area (Å²) in [6, 6.07) is 0. The topological polar surface area (TPSA) is 81.1 Å². The lowest BCUT2D eigenvalue weighted by Gasteiger charge is -2.26. The molecule has 1 rings (SSSR count). The molecule has 0 bridgehead atoms. The van der Waals surface area contributed by atoms with Gasteiger partial charge in [-0.15, -0.1) is 0 Å². The van der Waals surface area contributed by atoms with Crippen LogP contribution < -0.4 is 0 Å². The lowest BCUT2D eigenvalue weighted by molar-refractivity contribution is -0.138. The number of carboxylic acid groups (broad SMARTS) is 1. The molecule has 0 aromatic heterocycles. The second-order valence-corrected chi connectivity index (χ2v) is 5.29. The molecule has 116 valence electrons. The maximum Gasteiger partial charge on any atom is 0.304 e. The molecular formula is C14H26N2O4. The van der Waals surface area contributed by atoms with Crippen LogP contribution in [0.15, 0.2) is 0 Å². The minimum absolute atomic E-state index is 0.0265. The molecule has 0 aromatic rings. The SMILES string of the molecule is O=C(O)CCN(CCCO)CC(=O)N1CCCCCC1. The molecule has 0 atom stereocenters. The Morgan fingerprint density at radius 1 is 1.05 bits per heavy atom. The number of aliphatic hydroxyl groups excluding tert-OH is 1. The first-order valence-electron chi connectivity index (χ1n) is 7.46. The second kappa shape index (κ2) is 9.72. The standard InChI is InChI=1S/C14H26N2O4/c17-11-5-7-15(10-6-14(19)20)12-13(18)16-8-3-1-2-4-9-16/h17H,1-12H2,(H,19,20). The van der Waals surface area contributed by atoms with E-state index in [9.17, 15) is 9.59 Å². The molecule has 1 fully saturated rings. The van der Waals surface area contributed by atoms with Crippen LogP contribution in [-0.4, -0.2) is 71.2 Å². The number of rotatable bonds is 8. The van der Waals surface area contributed by atoms with E-state index in [1.165, 1.54) is 12.8 Å². The third kappa shape index (κ3) is 6.86. The van der Waals surface area contributed by atoms with Crippen molar-refractivity contribution in [3.63, 3.8) is 0 Å². The molecule has 0 unspecified atom stereocenters. The summed E-state index contributed by atoms with van der Waals surface area (Å²) < 4.78 is 0. The van der Waals surface area contributed by atoms with Crippen molar-refractivity contribution in [2.45, 2.75) is 38.5 Å². The fourth-order valence-corrected chi connectivity index (χ4v) is 2.43. The Bertz CT molecular complexity index is 302. The fourth-order valence-electron chi connectivity index (χ4n) is 2.43. The van der Waals surface area contributed by atoms with E-state index in [1.54, 1.807) is 0 Å². The Hall–Kier alpha value is -1.14. The Morgan fingerprint density at radius 2 is 1.70 bits per heavy atom. The Kier molecular flexibility index (Phi) is 8.22. The van der Waals surface area contributed by atoms with Gasteiger partial charge in [0.1, 0.15) is 0 Å². The number of nitrogens with zero attached hydrogens (tertiary/aromatic N) is 2. The van der Waals surface area contributed by atoms with Gasteiger partial charge in [0.15, 0.2) is 0 Å². The van der Waals surface area contributed by atoms with Crippen molar-refractivity contribution in [2.75, 3.05) is 39.3 Å². The van der Waals surface area contributed by atoms with E-state index >= 15 is 0 Å². The normalized spacial score (nSPS) is 16.2. The Labute approximate surface area is 120 Å². The van der Waals surface area contributed by atoms with Crippen LogP contribution in [0.25, 0.3) is 0 Å². The smallest absolute Gasteiger partial charge is 0.304 e. The summed E-state index contributed by atoms with van der Waals surface area (Å²) in [5.74, 6) is -0.781. The maximum atomic E-state index is 12.2. The van der Waals surface area contributed by atoms with E-state index < -0.39 is 5.97 Å². The molecule has 1 amide bonds. The molecule has 2 N–H and O–H groups in total. The number of hydrogen-bond acceptors (Lipinski definition) is 4. The van der Waals surface area contributed by atoms with Crippen LogP contribution in [0.1, 0.15) is 38.5 Å². The minimum atomic E-state index is -0.860. The predicted octanol–water partition coefficient (Wildman–Crippen LogP) is 0.548. The Morgan fingerprint density at radius 3 is 2.25 bits per heavy atom. The molecule has 0 radical (unpaired) electrons. The number of carbonyl (C=O) groups is 2. The van der Waals surface area contributed by atoms with Crippen LogP contribution >= 0.6 is 0 Å². The summed E-state index contributed by atoms with van der Waals surface area (Å²) in [6.07, 6.45) is 5.05. The van der Waals surface area contributed by atoms with Crippen LogP contribution in [-0.2, 0) is 9.59 Å². The van der Waals surface area contributed by atoms with Gasteiger partial charge in [-0.1, -0.05) is 12.8 Å². The largest absolute Gasteiger partial charge is 0.481 e. The summed E-state index contributed by atoms with van der Waals surface area (Å²) in [5.41, 5.74) is 0. The number of amides is 1. The average Bonchev–Trinajstić information content (AvgIpc) is 2.70. The van der Waals surface area contributed by atoms with Crippen LogP contribution in [0.3, 0.4) is 0 Å². The Balaban J connectivity index is 2.43. The van der Waals surface area contributed by atoms with Crippen molar-refractivity contribution in [3.05, 3.63) is 0 Å². The van der Waals surface area contributed by atoms with Gasteiger partial charge in [-0.3, -0.25) is 14.5 Å². The zero-order valence-electron chi connectivity index (χ0n) is 12.1. The van der Waals surface area contributed by atoms with E-state index in [-0.39, 0.29) is 25.5 Å². The highest BCUT2D eigenvalue weighted by atomic mass is 16.4. The minimum Gasteiger partial charge on any atom is -0.481 e. The summed E-state index contributed by atoms with van der Waals surface area (Å²) >= 11 is 0. The van der Waals surface area contributed by atoms with E-state index in [0.29, 0.717) is 19.5 Å². The first kappa shape index (κ1) is 16.9. The molecule has 1 heterocycles. The zero-order valence-corrected chi connectivity index (χ0v) is 12.1. The first-order chi connectivity index (χ1) is 9.63. The van der Waals surface area contributed by atoms with Gasteiger partial charge in [-0.25, -0.2) is 0 Å². The van der Waals surface area contributed by atoms with Crippen LogP contribution in [0.4, 0.5) is 0 Å². The molecule has 1 aliphatic heterocycles. The molecule has 1 aliphatic rings. The predicted molar refractivity (Wildman–Crippen MR) is 75.4 cm³/mol. The third-order valence-electron chi connectivity index (χ3n) is 3.59. The third-order valence-corrected chi connectivity index (χ3v) is 3.59. The summed E-state index contributed by atoms with van der Waals surface area (Å²) in [5, 5.41) is 17.6. The van der Waals surface area contributed by atoms with Crippen molar-refractivity contribution in [3.8, 4) is 0 Å². The molecule has 6 nitrogen and oxygen atoms in total. The van der Waals surface area contributed by atoms with Crippen LogP contribution in [0.5, 0.6) is 0 Å². The zero-order chi connectivity index (χ0) is 14.8. The molecule has 0 spiro atoms. The van der Waals surface area contributed by atoms with E-state index in [4.69, 9.17) is 10.2 Å². The van der Waals surface area contributed by atoms with E-state index in [1.807, 2.05) is 9.80 Å². The number of carboxylic acids is 1. The molecule has 0 aliphatic carbocycles. The fraction of sp³-hybridized carbons (Fsp3) is 0.857. The highest BCUT2D eigenvalue weighted by Gasteiger charge is 2.18. The molecule has 0 saturated carbocycles. The quantitative estimate of drug-likeness (QED) is 0.681. The first-order valence-corrected chi connectivity index (χ1v) is 7.46. The average molecular weight is 286 g/mol. The van der Waals surface area contributed by atoms with Crippen molar-refractivity contribution < 1.29 is 19.8 Å². The van der Waals surface area contributed by atoms with Crippen molar-refractivity contribution in [1.82, 2.24) is 9.80 Å². The van der Waals surface area contributed by atoms with E-state index in [0.717, 1.165) is 25.9 Å². The maximum absolute atomic E-state index is 12.2.